The lowest BCUT2D eigenvalue weighted by molar-refractivity contribution is -0.0494. The molecule has 0 amide bonds. The number of anilines is 3. The highest BCUT2D eigenvalue weighted by Gasteiger charge is 2.67. The molecule has 13 heteroatoms. The number of halogens is 6. The molecule has 2 N–H and O–H groups in total. The third-order valence-electron chi connectivity index (χ3n) is 6.07. The fraction of sp³-hybridized carbons (Fsp3) is 0.526. The number of nitrogens with zero attached hydrogens (tertiary/aromatic N) is 5. The third kappa shape index (κ3) is 3.85. The van der Waals surface area contributed by atoms with Gasteiger partial charge >= 0.3 is 6.61 Å². The summed E-state index contributed by atoms with van der Waals surface area (Å²) in [6.07, 6.45) is 1.07. The zero-order chi connectivity index (χ0) is 22.8. The van der Waals surface area contributed by atoms with Crippen LogP contribution in [0.15, 0.2) is 18.3 Å². The standard InChI is InChI=1S/C19H18Cl2F4N6O/c20-19(21)10-6-31(7-11(10)19)17-28-12(4-14(29-17)30-2-1-18(24,25)8-30)9-3-13(32-16(22)23)15(26)27-5-9/h3-5,10-11,16H,1-2,6-8H2,(H2,26,27). The Morgan fingerprint density at radius 1 is 1.12 bits per heavy atom. The number of nitrogen functional groups attached to an aromatic ring is 1. The number of piperidine rings is 1. The van der Waals surface area contributed by atoms with E-state index in [1.165, 1.54) is 23.2 Å². The van der Waals surface area contributed by atoms with Gasteiger partial charge in [0.2, 0.25) is 5.95 Å². The average molecular weight is 493 g/mol. The van der Waals surface area contributed by atoms with E-state index in [0.29, 0.717) is 36.1 Å². The number of alkyl halides is 6. The van der Waals surface area contributed by atoms with Crippen molar-refractivity contribution in [3.05, 3.63) is 18.3 Å². The van der Waals surface area contributed by atoms with Gasteiger partial charge in [0.05, 0.1) is 12.2 Å². The van der Waals surface area contributed by atoms with Crippen molar-refractivity contribution in [3.8, 4) is 17.0 Å². The fourth-order valence-electron chi connectivity index (χ4n) is 4.26. The maximum atomic E-state index is 13.8. The SMILES string of the molecule is Nc1ncc(-c2cc(N3CCC(F)(F)C3)nc(N3CC4C(C3)C4(Cl)Cl)n2)cc1OC(F)F. The van der Waals surface area contributed by atoms with Gasteiger partial charge in [0.1, 0.15) is 10.2 Å². The zero-order valence-corrected chi connectivity index (χ0v) is 18.0. The van der Waals surface area contributed by atoms with Crippen LogP contribution in [0.3, 0.4) is 0 Å². The van der Waals surface area contributed by atoms with Crippen molar-refractivity contribution < 1.29 is 22.3 Å². The number of hydrogen-bond donors (Lipinski definition) is 1. The highest BCUT2D eigenvalue weighted by Crippen LogP contribution is 2.62. The van der Waals surface area contributed by atoms with Gasteiger partial charge in [0.15, 0.2) is 11.6 Å². The Bertz CT molecular complexity index is 1040. The number of ether oxygens (including phenoxy) is 1. The van der Waals surface area contributed by atoms with Gasteiger partial charge in [-0.15, -0.1) is 23.2 Å². The van der Waals surface area contributed by atoms with Crippen molar-refractivity contribution in [2.75, 3.05) is 41.7 Å². The Balaban J connectivity index is 1.51. The molecule has 2 aliphatic heterocycles. The van der Waals surface area contributed by atoms with Crippen LogP contribution in [0.25, 0.3) is 11.3 Å². The highest BCUT2D eigenvalue weighted by atomic mass is 35.5. The second-order valence-corrected chi connectivity index (χ2v) is 9.66. The minimum Gasteiger partial charge on any atom is -0.431 e. The van der Waals surface area contributed by atoms with Gasteiger partial charge in [-0.2, -0.15) is 13.8 Å². The molecule has 0 bridgehead atoms. The minimum absolute atomic E-state index is 0.0712. The molecule has 2 atom stereocenters. The molecule has 4 heterocycles. The molecule has 0 aromatic carbocycles. The van der Waals surface area contributed by atoms with Crippen molar-refractivity contribution in [2.45, 2.75) is 23.3 Å². The predicted molar refractivity (Wildman–Crippen MR) is 112 cm³/mol. The largest absolute Gasteiger partial charge is 0.431 e. The molecule has 2 aromatic heterocycles. The fourth-order valence-corrected chi connectivity index (χ4v) is 5.02. The Morgan fingerprint density at radius 2 is 1.84 bits per heavy atom. The lowest BCUT2D eigenvalue weighted by Crippen LogP contribution is -2.30. The molecule has 2 aromatic rings. The van der Waals surface area contributed by atoms with Crippen LogP contribution in [0.2, 0.25) is 0 Å². The first-order chi connectivity index (χ1) is 15.0. The molecule has 1 saturated carbocycles. The summed E-state index contributed by atoms with van der Waals surface area (Å²) in [5, 5.41) is 0. The van der Waals surface area contributed by atoms with Gasteiger partial charge in [0.25, 0.3) is 5.92 Å². The van der Waals surface area contributed by atoms with Gasteiger partial charge in [-0.1, -0.05) is 0 Å². The number of hydrogen-bond acceptors (Lipinski definition) is 7. The van der Waals surface area contributed by atoms with Crippen molar-refractivity contribution >= 4 is 40.8 Å². The van der Waals surface area contributed by atoms with E-state index in [1.54, 1.807) is 0 Å². The number of rotatable bonds is 5. The van der Waals surface area contributed by atoms with E-state index in [9.17, 15) is 17.6 Å². The van der Waals surface area contributed by atoms with Crippen molar-refractivity contribution in [2.24, 2.45) is 11.8 Å². The summed E-state index contributed by atoms with van der Waals surface area (Å²) in [4.78, 5) is 16.3. The molecule has 1 aliphatic carbocycles. The van der Waals surface area contributed by atoms with E-state index < -0.39 is 23.4 Å². The number of nitrogens with two attached hydrogens (primary N) is 1. The lowest BCUT2D eigenvalue weighted by Gasteiger charge is -2.24. The van der Waals surface area contributed by atoms with E-state index in [0.717, 1.165) is 0 Å². The van der Waals surface area contributed by atoms with Gasteiger partial charge in [-0.3, -0.25) is 0 Å². The molecule has 0 radical (unpaired) electrons. The number of pyridine rings is 1. The van der Waals surface area contributed by atoms with Gasteiger partial charge in [-0.25, -0.2) is 18.7 Å². The normalized spacial score (nSPS) is 25.3. The molecule has 7 nitrogen and oxygen atoms in total. The zero-order valence-electron chi connectivity index (χ0n) is 16.5. The van der Waals surface area contributed by atoms with Crippen LogP contribution in [0.4, 0.5) is 35.1 Å². The van der Waals surface area contributed by atoms with Crippen molar-refractivity contribution in [3.63, 3.8) is 0 Å². The predicted octanol–water partition coefficient (Wildman–Crippen LogP) is 3.81. The van der Waals surface area contributed by atoms with Crippen molar-refractivity contribution in [1.29, 1.82) is 0 Å². The first kappa shape index (κ1) is 21.6. The Hall–Kier alpha value is -2.27. The van der Waals surface area contributed by atoms with E-state index in [1.807, 2.05) is 4.90 Å². The molecule has 2 saturated heterocycles. The number of aromatic nitrogens is 3. The van der Waals surface area contributed by atoms with Crippen LogP contribution >= 0.6 is 23.2 Å². The summed E-state index contributed by atoms with van der Waals surface area (Å²) < 4.78 is 56.7. The Kier molecular flexibility index (Phi) is 4.97. The van der Waals surface area contributed by atoms with Crippen molar-refractivity contribution in [1.82, 2.24) is 15.0 Å². The quantitative estimate of drug-likeness (QED) is 0.502. The van der Waals surface area contributed by atoms with Crippen LogP contribution in [-0.4, -0.2) is 58.0 Å². The van der Waals surface area contributed by atoms with Crippen LogP contribution in [-0.2, 0) is 0 Å². The summed E-state index contributed by atoms with van der Waals surface area (Å²) in [6, 6.07) is 2.81. The third-order valence-corrected chi connectivity index (χ3v) is 7.19. The molecule has 5 rings (SSSR count). The molecular weight excluding hydrogens is 475 g/mol. The molecule has 0 spiro atoms. The maximum absolute atomic E-state index is 13.8. The lowest BCUT2D eigenvalue weighted by atomic mass is 10.2. The smallest absolute Gasteiger partial charge is 0.387 e. The molecular formula is C19H18Cl2F4N6O. The first-order valence-corrected chi connectivity index (χ1v) is 10.6. The summed E-state index contributed by atoms with van der Waals surface area (Å²) in [5.41, 5.74) is 6.27. The summed E-state index contributed by atoms with van der Waals surface area (Å²) in [5.74, 6) is -2.57. The highest BCUT2D eigenvalue weighted by molar-refractivity contribution is 6.51. The monoisotopic (exact) mass is 492 g/mol. The van der Waals surface area contributed by atoms with Crippen LogP contribution in [0.5, 0.6) is 5.75 Å². The maximum Gasteiger partial charge on any atom is 0.387 e. The molecule has 3 fully saturated rings. The first-order valence-electron chi connectivity index (χ1n) is 9.89. The topological polar surface area (TPSA) is 80.4 Å². The van der Waals surface area contributed by atoms with E-state index in [4.69, 9.17) is 28.9 Å². The van der Waals surface area contributed by atoms with Crippen LogP contribution < -0.4 is 20.3 Å². The van der Waals surface area contributed by atoms with Crippen LogP contribution in [0.1, 0.15) is 6.42 Å². The molecule has 2 unspecified atom stereocenters. The van der Waals surface area contributed by atoms with Gasteiger partial charge < -0.3 is 20.3 Å². The molecule has 32 heavy (non-hydrogen) atoms. The second kappa shape index (κ2) is 7.38. The summed E-state index contributed by atoms with van der Waals surface area (Å²) in [6.45, 7) is -2.38. The molecule has 172 valence electrons. The van der Waals surface area contributed by atoms with Gasteiger partial charge in [-0.05, 0) is 6.07 Å². The Morgan fingerprint density at radius 3 is 2.47 bits per heavy atom. The molecule has 3 aliphatic rings. The second-order valence-electron chi connectivity index (χ2n) is 8.22. The van der Waals surface area contributed by atoms with E-state index >= 15 is 0 Å². The van der Waals surface area contributed by atoms with E-state index in [2.05, 4.69) is 19.7 Å². The van der Waals surface area contributed by atoms with Crippen LogP contribution in [0, 0.1) is 11.8 Å². The minimum atomic E-state index is -3.08. The number of fused-ring (bicyclic) bond motifs is 1. The summed E-state index contributed by atoms with van der Waals surface area (Å²) in [7, 11) is 0. The summed E-state index contributed by atoms with van der Waals surface area (Å²) >= 11 is 12.5. The average Bonchev–Trinajstić information content (AvgIpc) is 3.12. The van der Waals surface area contributed by atoms with Gasteiger partial charge in [0, 0.05) is 55.7 Å². The Labute approximate surface area is 190 Å². The van der Waals surface area contributed by atoms with E-state index in [-0.39, 0.29) is 36.4 Å².